The Bertz CT molecular complexity index is 589. The Labute approximate surface area is 154 Å². The molecular weight excluding hydrogens is 342 g/mol. The molecule has 1 atom stereocenters. The molecule has 0 aromatic heterocycles. The summed E-state index contributed by atoms with van der Waals surface area (Å²) in [7, 11) is 0. The van der Waals surface area contributed by atoms with Crippen LogP contribution in [0.1, 0.15) is 34.1 Å². The Morgan fingerprint density at radius 2 is 1.92 bits per heavy atom. The Morgan fingerprint density at radius 1 is 1.28 bits per heavy atom. The number of nitrogens with one attached hydrogen (secondary N) is 1. The number of ether oxygens (including phenoxy) is 1. The van der Waals surface area contributed by atoms with Crippen LogP contribution in [0.2, 0.25) is 5.02 Å². The topological polar surface area (TPSA) is 84.7 Å². The van der Waals surface area contributed by atoms with Gasteiger partial charge in [0.2, 0.25) is 5.91 Å². The van der Waals surface area contributed by atoms with Crippen LogP contribution in [0.15, 0.2) is 18.2 Å². The molecule has 0 saturated heterocycles. The lowest BCUT2D eigenvalue weighted by Crippen LogP contribution is -2.36. The summed E-state index contributed by atoms with van der Waals surface area (Å²) in [5.41, 5.74) is 6.40. The molecule has 0 radical (unpaired) electrons. The normalized spacial score (nSPS) is 12.0. The molecule has 0 fully saturated rings. The van der Waals surface area contributed by atoms with Crippen molar-refractivity contribution in [2.24, 2.45) is 11.7 Å². The fraction of sp³-hybridized carbons (Fsp3) is 0.556. The molecule has 0 saturated carbocycles. The number of rotatable bonds is 9. The van der Waals surface area contributed by atoms with E-state index in [1.54, 1.807) is 23.1 Å². The smallest absolute Gasteiger partial charge is 0.260 e. The molecule has 3 N–H and O–H groups in total. The van der Waals surface area contributed by atoms with Gasteiger partial charge in [-0.05, 0) is 44.4 Å². The second kappa shape index (κ2) is 10.3. The first kappa shape index (κ1) is 21.3. The van der Waals surface area contributed by atoms with Crippen molar-refractivity contribution in [1.29, 1.82) is 0 Å². The van der Waals surface area contributed by atoms with Crippen molar-refractivity contribution in [3.8, 4) is 5.75 Å². The van der Waals surface area contributed by atoms with Gasteiger partial charge in [-0.15, -0.1) is 0 Å². The summed E-state index contributed by atoms with van der Waals surface area (Å²) in [5.74, 6) is 0.378. The number of anilines is 1. The molecule has 0 aliphatic rings. The van der Waals surface area contributed by atoms with Crippen molar-refractivity contribution in [2.75, 3.05) is 25.0 Å². The summed E-state index contributed by atoms with van der Waals surface area (Å²) in [5, 5.41) is 3.06. The summed E-state index contributed by atoms with van der Waals surface area (Å²) < 4.78 is 5.48. The van der Waals surface area contributed by atoms with E-state index < -0.39 is 6.04 Å². The van der Waals surface area contributed by atoms with Gasteiger partial charge in [-0.3, -0.25) is 9.59 Å². The highest BCUT2D eigenvalue weighted by molar-refractivity contribution is 6.32. The fourth-order valence-electron chi connectivity index (χ4n) is 2.35. The van der Waals surface area contributed by atoms with Crippen LogP contribution in [-0.4, -0.2) is 42.5 Å². The molecule has 1 rings (SSSR count). The van der Waals surface area contributed by atoms with Crippen LogP contribution in [0.3, 0.4) is 0 Å². The molecule has 1 aromatic rings. The van der Waals surface area contributed by atoms with Crippen molar-refractivity contribution in [3.63, 3.8) is 0 Å². The molecule has 2 amide bonds. The lowest BCUT2D eigenvalue weighted by molar-refractivity contribution is -0.133. The zero-order chi connectivity index (χ0) is 19.0. The van der Waals surface area contributed by atoms with Gasteiger partial charge in [0.15, 0.2) is 6.61 Å². The SMILES string of the molecule is CCN(CC)C(=O)COc1ccc(NC(=O)[C@@H](N)CC(C)C)cc1Cl. The maximum Gasteiger partial charge on any atom is 0.260 e. The highest BCUT2D eigenvalue weighted by Gasteiger charge is 2.16. The third kappa shape index (κ3) is 6.92. The van der Waals surface area contributed by atoms with E-state index in [9.17, 15) is 9.59 Å². The van der Waals surface area contributed by atoms with E-state index in [1.807, 2.05) is 27.7 Å². The standard InChI is InChI=1S/C18H28ClN3O3/c1-5-22(6-2)17(23)11-25-16-8-7-13(10-14(16)19)21-18(24)15(20)9-12(3)4/h7-8,10,12,15H,5-6,9,11,20H2,1-4H3,(H,21,24)/t15-/m0/s1. The number of carbonyl (C=O) groups excluding carboxylic acids is 2. The van der Waals surface area contributed by atoms with Crippen LogP contribution in [0.4, 0.5) is 5.69 Å². The number of carbonyl (C=O) groups is 2. The van der Waals surface area contributed by atoms with E-state index in [4.69, 9.17) is 22.1 Å². The molecule has 0 aliphatic heterocycles. The van der Waals surface area contributed by atoms with Gasteiger partial charge in [-0.1, -0.05) is 25.4 Å². The maximum atomic E-state index is 12.0. The molecule has 7 heteroatoms. The third-order valence-corrected chi connectivity index (χ3v) is 4.02. The highest BCUT2D eigenvalue weighted by Crippen LogP contribution is 2.28. The van der Waals surface area contributed by atoms with Gasteiger partial charge in [0, 0.05) is 18.8 Å². The van der Waals surface area contributed by atoms with Gasteiger partial charge >= 0.3 is 0 Å². The highest BCUT2D eigenvalue weighted by atomic mass is 35.5. The van der Waals surface area contributed by atoms with Crippen molar-refractivity contribution in [1.82, 2.24) is 4.90 Å². The van der Waals surface area contributed by atoms with Crippen LogP contribution in [0.5, 0.6) is 5.75 Å². The summed E-state index contributed by atoms with van der Waals surface area (Å²) in [6.07, 6.45) is 0.605. The molecule has 140 valence electrons. The van der Waals surface area contributed by atoms with Gasteiger partial charge in [-0.2, -0.15) is 0 Å². The van der Waals surface area contributed by atoms with E-state index in [1.165, 1.54) is 0 Å². The van der Waals surface area contributed by atoms with Crippen LogP contribution >= 0.6 is 11.6 Å². The second-order valence-electron chi connectivity index (χ2n) is 6.23. The summed E-state index contributed by atoms with van der Waals surface area (Å²) in [4.78, 5) is 25.7. The zero-order valence-corrected chi connectivity index (χ0v) is 16.1. The van der Waals surface area contributed by atoms with Crippen molar-refractivity contribution in [2.45, 2.75) is 40.2 Å². The number of amides is 2. The Hall–Kier alpha value is -1.79. The molecule has 0 heterocycles. The van der Waals surface area contributed by atoms with Gasteiger partial charge in [0.1, 0.15) is 5.75 Å². The van der Waals surface area contributed by atoms with Gasteiger partial charge in [-0.25, -0.2) is 0 Å². The average molecular weight is 370 g/mol. The predicted octanol–water partition coefficient (Wildman–Crippen LogP) is 2.90. The fourth-order valence-corrected chi connectivity index (χ4v) is 2.59. The third-order valence-electron chi connectivity index (χ3n) is 3.73. The quantitative estimate of drug-likeness (QED) is 0.700. The van der Waals surface area contributed by atoms with Gasteiger partial charge in [0.05, 0.1) is 11.1 Å². The predicted molar refractivity (Wildman–Crippen MR) is 101 cm³/mol. The van der Waals surface area contributed by atoms with Gasteiger partial charge in [0.25, 0.3) is 5.91 Å². The number of hydrogen-bond donors (Lipinski definition) is 2. The number of hydrogen-bond acceptors (Lipinski definition) is 4. The molecule has 0 spiro atoms. The largest absolute Gasteiger partial charge is 0.482 e. The van der Waals surface area contributed by atoms with Crippen LogP contribution < -0.4 is 15.8 Å². The molecule has 1 aromatic carbocycles. The first-order valence-electron chi connectivity index (χ1n) is 8.55. The maximum absolute atomic E-state index is 12.0. The number of nitrogens with zero attached hydrogens (tertiary/aromatic N) is 1. The molecule has 25 heavy (non-hydrogen) atoms. The molecule has 6 nitrogen and oxygen atoms in total. The van der Waals surface area contributed by atoms with Crippen LogP contribution in [0.25, 0.3) is 0 Å². The van der Waals surface area contributed by atoms with Crippen LogP contribution in [-0.2, 0) is 9.59 Å². The minimum Gasteiger partial charge on any atom is -0.482 e. The second-order valence-corrected chi connectivity index (χ2v) is 6.63. The van der Waals surface area contributed by atoms with Crippen LogP contribution in [0, 0.1) is 5.92 Å². The number of halogens is 1. The minimum atomic E-state index is -0.568. The molecule has 0 unspecified atom stereocenters. The van der Waals surface area contributed by atoms with Crippen molar-refractivity contribution in [3.05, 3.63) is 23.2 Å². The Morgan fingerprint density at radius 3 is 2.44 bits per heavy atom. The Balaban J connectivity index is 2.65. The van der Waals surface area contributed by atoms with E-state index >= 15 is 0 Å². The molecule has 0 aliphatic carbocycles. The lowest BCUT2D eigenvalue weighted by atomic mass is 10.0. The first-order chi connectivity index (χ1) is 11.8. The number of benzene rings is 1. The zero-order valence-electron chi connectivity index (χ0n) is 15.3. The lowest BCUT2D eigenvalue weighted by Gasteiger charge is -2.19. The van der Waals surface area contributed by atoms with Gasteiger partial charge < -0.3 is 20.7 Å². The van der Waals surface area contributed by atoms with E-state index in [-0.39, 0.29) is 18.4 Å². The van der Waals surface area contributed by atoms with Crippen molar-refractivity contribution < 1.29 is 14.3 Å². The monoisotopic (exact) mass is 369 g/mol. The first-order valence-corrected chi connectivity index (χ1v) is 8.92. The molecule has 0 bridgehead atoms. The van der Waals surface area contributed by atoms with E-state index in [0.29, 0.717) is 41.9 Å². The minimum absolute atomic E-state index is 0.0770. The van der Waals surface area contributed by atoms with E-state index in [0.717, 1.165) is 0 Å². The number of likely N-dealkylation sites (N-methyl/N-ethyl adjacent to an activating group) is 1. The Kier molecular flexibility index (Phi) is 8.72. The molecular formula is C18H28ClN3O3. The summed E-state index contributed by atoms with van der Waals surface area (Å²) in [6, 6.07) is 4.31. The summed E-state index contributed by atoms with van der Waals surface area (Å²) in [6.45, 7) is 9.03. The van der Waals surface area contributed by atoms with E-state index in [2.05, 4.69) is 5.32 Å². The average Bonchev–Trinajstić information content (AvgIpc) is 2.54. The number of nitrogens with two attached hydrogens (primary N) is 1. The van der Waals surface area contributed by atoms with Crippen molar-refractivity contribution >= 4 is 29.1 Å². The summed E-state index contributed by atoms with van der Waals surface area (Å²) >= 11 is 6.18.